The number of carbonyl (C=O) groups excluding carboxylic acids is 2. The molecule has 3 N–H and O–H groups in total. The Kier molecular flexibility index (Phi) is 13.2. The van der Waals surface area contributed by atoms with E-state index in [2.05, 4.69) is 29.8 Å². The molecule has 0 radical (unpaired) electrons. The van der Waals surface area contributed by atoms with Crippen molar-refractivity contribution in [1.82, 2.24) is 16.0 Å². The number of rotatable bonds is 13. The molecule has 0 bridgehead atoms. The second kappa shape index (κ2) is 13.9. The minimum Gasteiger partial charge on any atom is -0.444 e. The van der Waals surface area contributed by atoms with E-state index in [-0.39, 0.29) is 17.9 Å². The van der Waals surface area contributed by atoms with Crippen LogP contribution in [0.1, 0.15) is 73.1 Å². The molecule has 0 aromatic carbocycles. The number of alkyl carbamates (subject to hydrolysis) is 1. The van der Waals surface area contributed by atoms with E-state index in [9.17, 15) is 9.59 Å². The van der Waals surface area contributed by atoms with E-state index in [0.717, 1.165) is 51.6 Å². The summed E-state index contributed by atoms with van der Waals surface area (Å²) in [6.45, 7) is 12.8. The SMILES string of the molecule is CCCCC(CC)C(=O)NCCCNCCCNC(=O)OC(C)(C)C. The van der Waals surface area contributed by atoms with Gasteiger partial charge in [0.05, 0.1) is 0 Å². The standard InChI is InChI=1S/C19H39N3O3/c1-6-8-11-16(7-2)17(23)21-14-9-12-20-13-10-15-22-18(24)25-19(3,4)5/h16,20H,6-15H2,1-5H3,(H,21,23)(H,22,24). The molecule has 25 heavy (non-hydrogen) atoms. The summed E-state index contributed by atoms with van der Waals surface area (Å²) in [7, 11) is 0. The second-order valence-corrected chi connectivity index (χ2v) is 7.42. The van der Waals surface area contributed by atoms with Crippen LogP contribution in [0.25, 0.3) is 0 Å². The quantitative estimate of drug-likeness (QED) is 0.442. The van der Waals surface area contributed by atoms with Gasteiger partial charge in [-0.15, -0.1) is 0 Å². The highest BCUT2D eigenvalue weighted by Gasteiger charge is 2.15. The van der Waals surface area contributed by atoms with Crippen LogP contribution in [0.15, 0.2) is 0 Å². The molecule has 6 nitrogen and oxygen atoms in total. The van der Waals surface area contributed by atoms with Crippen LogP contribution in [0.4, 0.5) is 4.79 Å². The van der Waals surface area contributed by atoms with Gasteiger partial charge in [0.25, 0.3) is 0 Å². The molecule has 0 aliphatic heterocycles. The van der Waals surface area contributed by atoms with E-state index in [1.54, 1.807) is 0 Å². The lowest BCUT2D eigenvalue weighted by molar-refractivity contribution is -0.125. The second-order valence-electron chi connectivity index (χ2n) is 7.42. The van der Waals surface area contributed by atoms with Crippen molar-refractivity contribution in [3.8, 4) is 0 Å². The minimum atomic E-state index is -0.458. The van der Waals surface area contributed by atoms with Crippen molar-refractivity contribution in [2.75, 3.05) is 26.2 Å². The topological polar surface area (TPSA) is 79.5 Å². The zero-order valence-electron chi connectivity index (χ0n) is 16.9. The molecular weight excluding hydrogens is 318 g/mol. The Morgan fingerprint density at radius 3 is 2.04 bits per heavy atom. The fourth-order valence-electron chi connectivity index (χ4n) is 2.38. The first-order valence-electron chi connectivity index (χ1n) is 9.75. The summed E-state index contributed by atoms with van der Waals surface area (Å²) in [5.74, 6) is 0.351. The monoisotopic (exact) mass is 357 g/mol. The fourth-order valence-corrected chi connectivity index (χ4v) is 2.38. The summed E-state index contributed by atoms with van der Waals surface area (Å²) in [5, 5.41) is 9.08. The molecule has 0 heterocycles. The van der Waals surface area contributed by atoms with E-state index in [1.165, 1.54) is 0 Å². The molecule has 0 saturated heterocycles. The number of carbonyl (C=O) groups is 2. The Balaban J connectivity index is 3.52. The molecule has 1 atom stereocenters. The maximum Gasteiger partial charge on any atom is 0.407 e. The summed E-state index contributed by atoms with van der Waals surface area (Å²) in [4.78, 5) is 23.5. The van der Waals surface area contributed by atoms with Crippen molar-refractivity contribution >= 4 is 12.0 Å². The lowest BCUT2D eigenvalue weighted by Gasteiger charge is -2.19. The maximum atomic E-state index is 12.0. The van der Waals surface area contributed by atoms with Crippen LogP contribution in [-0.4, -0.2) is 43.8 Å². The molecule has 0 aliphatic rings. The first-order valence-corrected chi connectivity index (χ1v) is 9.75. The van der Waals surface area contributed by atoms with Gasteiger partial charge in [-0.25, -0.2) is 4.79 Å². The summed E-state index contributed by atoms with van der Waals surface area (Å²) < 4.78 is 5.16. The third kappa shape index (κ3) is 14.7. The van der Waals surface area contributed by atoms with Gasteiger partial charge < -0.3 is 20.7 Å². The number of nitrogens with one attached hydrogen (secondary N) is 3. The van der Waals surface area contributed by atoms with Crippen LogP contribution in [0.2, 0.25) is 0 Å². The highest BCUT2D eigenvalue weighted by atomic mass is 16.6. The number of hydrogen-bond acceptors (Lipinski definition) is 4. The average Bonchev–Trinajstić information content (AvgIpc) is 2.52. The number of unbranched alkanes of at least 4 members (excludes halogenated alkanes) is 1. The van der Waals surface area contributed by atoms with E-state index in [1.807, 2.05) is 20.8 Å². The van der Waals surface area contributed by atoms with E-state index < -0.39 is 5.60 Å². The zero-order valence-corrected chi connectivity index (χ0v) is 16.9. The smallest absolute Gasteiger partial charge is 0.407 e. The molecule has 0 aromatic heterocycles. The predicted molar refractivity (Wildman–Crippen MR) is 103 cm³/mol. The van der Waals surface area contributed by atoms with Gasteiger partial charge in [-0.05, 0) is 59.5 Å². The van der Waals surface area contributed by atoms with Crippen LogP contribution in [0.5, 0.6) is 0 Å². The van der Waals surface area contributed by atoms with Gasteiger partial charge in [0, 0.05) is 19.0 Å². The summed E-state index contributed by atoms with van der Waals surface area (Å²) in [6.07, 6.45) is 5.54. The lowest BCUT2D eigenvalue weighted by Crippen LogP contribution is -2.34. The van der Waals surface area contributed by atoms with Crippen molar-refractivity contribution in [3.63, 3.8) is 0 Å². The number of ether oxygens (including phenoxy) is 1. The van der Waals surface area contributed by atoms with E-state index in [4.69, 9.17) is 4.74 Å². The van der Waals surface area contributed by atoms with Crippen molar-refractivity contribution < 1.29 is 14.3 Å². The Morgan fingerprint density at radius 2 is 1.52 bits per heavy atom. The Morgan fingerprint density at radius 1 is 0.920 bits per heavy atom. The molecule has 0 aliphatic carbocycles. The molecule has 0 spiro atoms. The van der Waals surface area contributed by atoms with Crippen LogP contribution in [-0.2, 0) is 9.53 Å². The van der Waals surface area contributed by atoms with Gasteiger partial charge in [0.15, 0.2) is 0 Å². The Hall–Kier alpha value is -1.30. The summed E-state index contributed by atoms with van der Waals surface area (Å²) in [5.41, 5.74) is -0.458. The van der Waals surface area contributed by atoms with Crippen molar-refractivity contribution in [2.45, 2.75) is 78.7 Å². The third-order valence-electron chi connectivity index (χ3n) is 3.80. The van der Waals surface area contributed by atoms with Gasteiger partial charge in [-0.1, -0.05) is 26.7 Å². The molecule has 148 valence electrons. The van der Waals surface area contributed by atoms with Gasteiger partial charge in [0.2, 0.25) is 5.91 Å². The number of amides is 2. The summed E-state index contributed by atoms with van der Waals surface area (Å²) >= 11 is 0. The van der Waals surface area contributed by atoms with Crippen LogP contribution < -0.4 is 16.0 Å². The molecule has 0 rings (SSSR count). The summed E-state index contributed by atoms with van der Waals surface area (Å²) in [6, 6.07) is 0. The van der Waals surface area contributed by atoms with Crippen molar-refractivity contribution in [1.29, 1.82) is 0 Å². The first kappa shape index (κ1) is 23.7. The van der Waals surface area contributed by atoms with Crippen molar-refractivity contribution in [3.05, 3.63) is 0 Å². The highest BCUT2D eigenvalue weighted by Crippen LogP contribution is 2.12. The third-order valence-corrected chi connectivity index (χ3v) is 3.80. The van der Waals surface area contributed by atoms with E-state index in [0.29, 0.717) is 13.1 Å². The molecule has 0 aromatic rings. The molecule has 2 amide bonds. The van der Waals surface area contributed by atoms with Crippen LogP contribution >= 0.6 is 0 Å². The average molecular weight is 358 g/mol. The first-order chi connectivity index (χ1) is 11.8. The van der Waals surface area contributed by atoms with Crippen molar-refractivity contribution in [2.24, 2.45) is 5.92 Å². The minimum absolute atomic E-state index is 0.159. The van der Waals surface area contributed by atoms with Gasteiger partial charge in [-0.2, -0.15) is 0 Å². The molecule has 1 unspecified atom stereocenters. The lowest BCUT2D eigenvalue weighted by atomic mass is 9.98. The molecular formula is C19H39N3O3. The van der Waals surface area contributed by atoms with Gasteiger partial charge in [0.1, 0.15) is 5.60 Å². The molecule has 6 heteroatoms. The van der Waals surface area contributed by atoms with Gasteiger partial charge in [-0.3, -0.25) is 4.79 Å². The molecule has 0 fully saturated rings. The zero-order chi connectivity index (χ0) is 19.1. The highest BCUT2D eigenvalue weighted by molar-refractivity contribution is 5.78. The fraction of sp³-hybridized carbons (Fsp3) is 0.895. The predicted octanol–water partition coefficient (Wildman–Crippen LogP) is 3.21. The Labute approximate surface area is 153 Å². The largest absolute Gasteiger partial charge is 0.444 e. The van der Waals surface area contributed by atoms with Crippen LogP contribution in [0, 0.1) is 5.92 Å². The number of hydrogen-bond donors (Lipinski definition) is 3. The van der Waals surface area contributed by atoms with Crippen LogP contribution in [0.3, 0.4) is 0 Å². The van der Waals surface area contributed by atoms with Gasteiger partial charge >= 0.3 is 6.09 Å². The normalized spacial score (nSPS) is 12.5. The van der Waals surface area contributed by atoms with E-state index >= 15 is 0 Å². The maximum absolute atomic E-state index is 12.0. The molecule has 0 saturated carbocycles. The Bertz CT molecular complexity index is 367.